The zero-order valence-corrected chi connectivity index (χ0v) is 9.45. The molecule has 0 saturated heterocycles. The Morgan fingerprint density at radius 1 is 1.53 bits per heavy atom. The normalized spacial score (nSPS) is 11.5. The first kappa shape index (κ1) is 11.9. The molecular formula is C9H13ClN4O. The van der Waals surface area contributed by atoms with Crippen LogP contribution < -0.4 is 5.43 Å². The lowest BCUT2D eigenvalue weighted by Crippen LogP contribution is -2.02. The van der Waals surface area contributed by atoms with Crippen molar-refractivity contribution in [3.05, 3.63) is 17.3 Å². The van der Waals surface area contributed by atoms with Crippen LogP contribution in [-0.2, 0) is 4.74 Å². The van der Waals surface area contributed by atoms with Crippen molar-refractivity contribution in [2.24, 2.45) is 5.10 Å². The average molecular weight is 229 g/mol. The monoisotopic (exact) mass is 228 g/mol. The van der Waals surface area contributed by atoms with Crippen LogP contribution >= 0.6 is 11.6 Å². The molecule has 0 fully saturated rings. The molecule has 1 heterocycles. The van der Waals surface area contributed by atoms with Gasteiger partial charge in [-0.1, -0.05) is 11.6 Å². The minimum absolute atomic E-state index is 0.362. The number of anilines is 1. The third-order valence-electron chi connectivity index (χ3n) is 1.66. The second-order valence-electron chi connectivity index (χ2n) is 2.94. The molecule has 1 aromatic rings. The van der Waals surface area contributed by atoms with Crippen molar-refractivity contribution in [1.29, 1.82) is 0 Å². The Hall–Kier alpha value is -1.20. The fourth-order valence-electron chi connectivity index (χ4n) is 0.834. The average Bonchev–Trinajstić information content (AvgIpc) is 2.25. The predicted molar refractivity (Wildman–Crippen MR) is 60.3 cm³/mol. The number of hydrazone groups is 1. The van der Waals surface area contributed by atoms with Gasteiger partial charge in [0.25, 0.3) is 0 Å². The van der Waals surface area contributed by atoms with Crippen LogP contribution in [0, 0.1) is 0 Å². The second kappa shape index (κ2) is 6.31. The highest BCUT2D eigenvalue weighted by Crippen LogP contribution is 2.05. The van der Waals surface area contributed by atoms with Crippen LogP contribution in [0.1, 0.15) is 13.3 Å². The Kier molecular flexibility index (Phi) is 5.00. The van der Waals surface area contributed by atoms with Crippen LogP contribution in [0.4, 0.5) is 5.82 Å². The number of methoxy groups -OCH3 is 1. The molecule has 0 amide bonds. The molecule has 0 spiro atoms. The number of nitrogens with zero attached hydrogens (tertiary/aromatic N) is 3. The van der Waals surface area contributed by atoms with Crippen LogP contribution in [0.2, 0.25) is 5.15 Å². The largest absolute Gasteiger partial charge is 0.384 e. The van der Waals surface area contributed by atoms with Gasteiger partial charge >= 0.3 is 0 Å². The molecular weight excluding hydrogens is 216 g/mol. The van der Waals surface area contributed by atoms with Crippen LogP contribution in [-0.4, -0.2) is 29.6 Å². The van der Waals surface area contributed by atoms with Gasteiger partial charge in [0.15, 0.2) is 11.0 Å². The molecule has 1 aromatic heterocycles. The maximum atomic E-state index is 5.59. The Morgan fingerprint density at radius 3 is 2.93 bits per heavy atom. The lowest BCUT2D eigenvalue weighted by atomic mass is 10.3. The Labute approximate surface area is 93.5 Å². The SMILES string of the molecule is COCC/C(C)=N\Nc1ccc(Cl)nn1. The molecule has 5 nitrogen and oxygen atoms in total. The second-order valence-corrected chi connectivity index (χ2v) is 3.33. The molecule has 0 saturated carbocycles. The highest BCUT2D eigenvalue weighted by Gasteiger charge is 1.94. The van der Waals surface area contributed by atoms with Gasteiger partial charge < -0.3 is 4.74 Å². The number of rotatable bonds is 5. The van der Waals surface area contributed by atoms with E-state index in [4.69, 9.17) is 16.3 Å². The van der Waals surface area contributed by atoms with Crippen molar-refractivity contribution in [1.82, 2.24) is 10.2 Å². The molecule has 1 N–H and O–H groups in total. The summed E-state index contributed by atoms with van der Waals surface area (Å²) in [6.45, 7) is 2.57. The summed E-state index contributed by atoms with van der Waals surface area (Å²) in [6.07, 6.45) is 0.782. The lowest BCUT2D eigenvalue weighted by Gasteiger charge is -2.01. The van der Waals surface area contributed by atoms with E-state index in [1.165, 1.54) is 0 Å². The van der Waals surface area contributed by atoms with Crippen molar-refractivity contribution in [2.75, 3.05) is 19.1 Å². The van der Waals surface area contributed by atoms with Gasteiger partial charge in [0.1, 0.15) is 0 Å². The standard InChI is InChI=1S/C9H13ClN4O/c1-7(5-6-15-2)11-13-9-4-3-8(10)12-14-9/h3-4H,5-6H2,1-2H3,(H,13,14)/b11-7-. The van der Waals surface area contributed by atoms with Gasteiger partial charge in [0.05, 0.1) is 6.61 Å². The third kappa shape index (κ3) is 4.71. The minimum atomic E-state index is 0.362. The van der Waals surface area contributed by atoms with Gasteiger partial charge in [0, 0.05) is 19.2 Å². The summed E-state index contributed by atoms with van der Waals surface area (Å²) in [4.78, 5) is 0. The summed E-state index contributed by atoms with van der Waals surface area (Å²) in [5.41, 5.74) is 3.72. The van der Waals surface area contributed by atoms with Crippen LogP contribution in [0.25, 0.3) is 0 Å². The van der Waals surface area contributed by atoms with Crippen LogP contribution in [0.3, 0.4) is 0 Å². The van der Waals surface area contributed by atoms with Gasteiger partial charge in [-0.2, -0.15) is 5.10 Å². The number of hydrogen-bond donors (Lipinski definition) is 1. The fraction of sp³-hybridized carbons (Fsp3) is 0.444. The first-order valence-corrected chi connectivity index (χ1v) is 4.87. The molecule has 82 valence electrons. The van der Waals surface area contributed by atoms with E-state index in [0.717, 1.165) is 12.1 Å². The maximum absolute atomic E-state index is 5.59. The van der Waals surface area contributed by atoms with E-state index < -0.39 is 0 Å². The predicted octanol–water partition coefficient (Wildman–Crippen LogP) is 1.95. The number of nitrogens with one attached hydrogen (secondary N) is 1. The van der Waals surface area contributed by atoms with Gasteiger partial charge in [-0.3, -0.25) is 5.43 Å². The summed E-state index contributed by atoms with van der Waals surface area (Å²) >= 11 is 5.59. The van der Waals surface area contributed by atoms with Crippen molar-refractivity contribution in [3.8, 4) is 0 Å². The molecule has 0 bridgehead atoms. The summed E-state index contributed by atoms with van der Waals surface area (Å²) in [6, 6.07) is 3.36. The van der Waals surface area contributed by atoms with Crippen LogP contribution in [0.15, 0.2) is 17.2 Å². The first-order chi connectivity index (χ1) is 7.22. The number of halogens is 1. The number of hydrogen-bond acceptors (Lipinski definition) is 5. The van der Waals surface area contributed by atoms with E-state index in [1.807, 2.05) is 6.92 Å². The highest BCUT2D eigenvalue weighted by atomic mass is 35.5. The minimum Gasteiger partial charge on any atom is -0.384 e. The van der Waals surface area contributed by atoms with E-state index in [-0.39, 0.29) is 0 Å². The molecule has 0 aromatic carbocycles. The summed E-state index contributed by atoms with van der Waals surface area (Å²) in [5, 5.41) is 11.9. The van der Waals surface area contributed by atoms with Crippen LogP contribution in [0.5, 0.6) is 0 Å². The van der Waals surface area contributed by atoms with E-state index in [1.54, 1.807) is 19.2 Å². The molecule has 0 unspecified atom stereocenters. The molecule has 0 aliphatic rings. The molecule has 6 heteroatoms. The Balaban J connectivity index is 2.45. The zero-order chi connectivity index (χ0) is 11.1. The maximum Gasteiger partial charge on any atom is 0.168 e. The van der Waals surface area contributed by atoms with E-state index in [9.17, 15) is 0 Å². The Bertz CT molecular complexity index is 325. The van der Waals surface area contributed by atoms with Crippen molar-refractivity contribution < 1.29 is 4.74 Å². The first-order valence-electron chi connectivity index (χ1n) is 4.49. The van der Waals surface area contributed by atoms with Gasteiger partial charge in [-0.25, -0.2) is 0 Å². The van der Waals surface area contributed by atoms with Gasteiger partial charge in [0.2, 0.25) is 0 Å². The van der Waals surface area contributed by atoms with Crippen molar-refractivity contribution >= 4 is 23.1 Å². The summed E-state index contributed by atoms with van der Waals surface area (Å²) in [7, 11) is 1.66. The van der Waals surface area contributed by atoms with E-state index in [2.05, 4.69) is 20.7 Å². The van der Waals surface area contributed by atoms with Gasteiger partial charge in [-0.05, 0) is 19.1 Å². The molecule has 15 heavy (non-hydrogen) atoms. The smallest absolute Gasteiger partial charge is 0.168 e. The molecule has 0 radical (unpaired) electrons. The van der Waals surface area contributed by atoms with Crippen molar-refractivity contribution in [3.63, 3.8) is 0 Å². The quantitative estimate of drug-likeness (QED) is 0.618. The molecule has 0 aliphatic heterocycles. The molecule has 0 atom stereocenters. The van der Waals surface area contributed by atoms with Gasteiger partial charge in [-0.15, -0.1) is 10.2 Å². The number of ether oxygens (including phenoxy) is 1. The highest BCUT2D eigenvalue weighted by molar-refractivity contribution is 6.29. The summed E-state index contributed by atoms with van der Waals surface area (Å²) in [5.74, 6) is 0.566. The van der Waals surface area contributed by atoms with E-state index in [0.29, 0.717) is 17.6 Å². The molecule has 0 aliphatic carbocycles. The Morgan fingerprint density at radius 2 is 2.33 bits per heavy atom. The number of aromatic nitrogens is 2. The van der Waals surface area contributed by atoms with E-state index >= 15 is 0 Å². The van der Waals surface area contributed by atoms with Crippen molar-refractivity contribution in [2.45, 2.75) is 13.3 Å². The third-order valence-corrected chi connectivity index (χ3v) is 1.86. The lowest BCUT2D eigenvalue weighted by molar-refractivity contribution is 0.207. The summed E-state index contributed by atoms with van der Waals surface area (Å²) < 4.78 is 4.93. The zero-order valence-electron chi connectivity index (χ0n) is 8.70. The molecule has 1 rings (SSSR count). The topological polar surface area (TPSA) is 59.4 Å². The fourth-order valence-corrected chi connectivity index (χ4v) is 0.935.